The minimum Gasteiger partial charge on any atom is -0.494 e. The van der Waals surface area contributed by atoms with Gasteiger partial charge in [0.2, 0.25) is 0 Å². The maximum absolute atomic E-state index is 5.70. The Bertz CT molecular complexity index is 607. The predicted molar refractivity (Wildman–Crippen MR) is 84.6 cm³/mol. The Morgan fingerprint density at radius 2 is 1.86 bits per heavy atom. The zero-order chi connectivity index (χ0) is 14.7. The molecule has 2 aromatic carbocycles. The number of hydrogen-bond acceptors (Lipinski definition) is 3. The molecule has 0 atom stereocenters. The van der Waals surface area contributed by atoms with Crippen LogP contribution in [-0.2, 0) is 6.54 Å². The summed E-state index contributed by atoms with van der Waals surface area (Å²) >= 11 is 0. The highest BCUT2D eigenvalue weighted by atomic mass is 16.5. The molecule has 3 nitrogen and oxygen atoms in total. The van der Waals surface area contributed by atoms with Crippen LogP contribution < -0.4 is 9.47 Å². The summed E-state index contributed by atoms with van der Waals surface area (Å²) < 4.78 is 11.3. The fourth-order valence-electron chi connectivity index (χ4n) is 2.50. The molecule has 0 N–H and O–H groups in total. The quantitative estimate of drug-likeness (QED) is 0.848. The highest BCUT2D eigenvalue weighted by molar-refractivity contribution is 5.66. The van der Waals surface area contributed by atoms with Crippen LogP contribution in [0.3, 0.4) is 0 Å². The molecule has 110 valence electrons. The van der Waals surface area contributed by atoms with Gasteiger partial charge in [-0.1, -0.05) is 25.1 Å². The molecule has 0 amide bonds. The van der Waals surface area contributed by atoms with Crippen molar-refractivity contribution in [2.75, 3.05) is 20.4 Å². The summed E-state index contributed by atoms with van der Waals surface area (Å²) in [6.45, 7) is 4.47. The molecule has 3 rings (SSSR count). The summed E-state index contributed by atoms with van der Waals surface area (Å²) in [6, 6.07) is 14.7. The van der Waals surface area contributed by atoms with E-state index in [1.165, 1.54) is 16.7 Å². The number of hydrogen-bond donors (Lipinski definition) is 0. The zero-order valence-electron chi connectivity index (χ0n) is 12.6. The van der Waals surface area contributed by atoms with E-state index in [0.717, 1.165) is 31.1 Å². The van der Waals surface area contributed by atoms with Gasteiger partial charge in [-0.3, -0.25) is 4.90 Å². The second kappa shape index (κ2) is 6.19. The summed E-state index contributed by atoms with van der Waals surface area (Å²) in [4.78, 5) is 2.16. The second-order valence-corrected chi connectivity index (χ2v) is 5.48. The largest absolute Gasteiger partial charge is 0.494 e. The first kappa shape index (κ1) is 14.0. The van der Waals surface area contributed by atoms with Gasteiger partial charge in [-0.05, 0) is 48.9 Å². The molecule has 0 bridgehead atoms. The summed E-state index contributed by atoms with van der Waals surface area (Å²) in [5, 5.41) is 0. The normalized spacial score (nSPS) is 14.4. The van der Waals surface area contributed by atoms with Gasteiger partial charge in [0.15, 0.2) is 0 Å². The molecular weight excluding hydrogens is 262 g/mol. The van der Waals surface area contributed by atoms with E-state index in [0.29, 0.717) is 6.73 Å². The Morgan fingerprint density at radius 1 is 1.10 bits per heavy atom. The number of ether oxygens (including phenoxy) is 2. The van der Waals surface area contributed by atoms with Crippen LogP contribution in [0, 0.1) is 0 Å². The lowest BCUT2D eigenvalue weighted by molar-refractivity contribution is 0.121. The van der Waals surface area contributed by atoms with E-state index in [1.54, 1.807) is 0 Å². The molecule has 1 heterocycles. The molecule has 2 aromatic rings. The van der Waals surface area contributed by atoms with Crippen molar-refractivity contribution in [1.29, 1.82) is 0 Å². The number of rotatable bonds is 4. The summed E-state index contributed by atoms with van der Waals surface area (Å²) in [5.41, 5.74) is 3.66. The first-order valence-corrected chi connectivity index (χ1v) is 7.44. The molecule has 0 unspecified atom stereocenters. The Labute approximate surface area is 126 Å². The van der Waals surface area contributed by atoms with Crippen LogP contribution in [0.4, 0.5) is 0 Å². The third-order valence-corrected chi connectivity index (χ3v) is 3.60. The van der Waals surface area contributed by atoms with Crippen LogP contribution in [0.25, 0.3) is 11.1 Å². The lowest BCUT2D eigenvalue weighted by Crippen LogP contribution is -2.27. The van der Waals surface area contributed by atoms with E-state index in [1.807, 2.05) is 12.1 Å². The van der Waals surface area contributed by atoms with E-state index in [-0.39, 0.29) is 0 Å². The van der Waals surface area contributed by atoms with E-state index >= 15 is 0 Å². The van der Waals surface area contributed by atoms with Gasteiger partial charge < -0.3 is 9.47 Å². The van der Waals surface area contributed by atoms with Crippen molar-refractivity contribution in [3.8, 4) is 22.6 Å². The summed E-state index contributed by atoms with van der Waals surface area (Å²) in [5.74, 6) is 1.93. The topological polar surface area (TPSA) is 21.7 Å². The molecule has 0 fully saturated rings. The fraction of sp³-hybridized carbons (Fsp3) is 0.333. The molecule has 0 saturated heterocycles. The lowest BCUT2D eigenvalue weighted by atomic mass is 10.0. The molecule has 0 saturated carbocycles. The van der Waals surface area contributed by atoms with Crippen molar-refractivity contribution in [3.63, 3.8) is 0 Å². The fourth-order valence-corrected chi connectivity index (χ4v) is 2.50. The van der Waals surface area contributed by atoms with Crippen molar-refractivity contribution in [2.45, 2.75) is 19.9 Å². The zero-order valence-corrected chi connectivity index (χ0v) is 12.6. The lowest BCUT2D eigenvalue weighted by Gasteiger charge is -2.25. The van der Waals surface area contributed by atoms with Crippen LogP contribution in [0.15, 0.2) is 42.5 Å². The molecule has 0 radical (unpaired) electrons. The van der Waals surface area contributed by atoms with Crippen LogP contribution in [0.1, 0.15) is 18.9 Å². The minimum absolute atomic E-state index is 0.663. The van der Waals surface area contributed by atoms with Crippen LogP contribution >= 0.6 is 0 Å². The Balaban J connectivity index is 1.82. The van der Waals surface area contributed by atoms with Crippen molar-refractivity contribution in [3.05, 3.63) is 48.0 Å². The van der Waals surface area contributed by atoms with Crippen molar-refractivity contribution in [1.82, 2.24) is 4.90 Å². The number of fused-ring (bicyclic) bond motifs is 1. The second-order valence-electron chi connectivity index (χ2n) is 5.48. The average molecular weight is 283 g/mol. The van der Waals surface area contributed by atoms with Gasteiger partial charge in [0.1, 0.15) is 18.2 Å². The molecular formula is C18H21NO2. The molecule has 0 aliphatic carbocycles. The maximum Gasteiger partial charge on any atom is 0.142 e. The summed E-state index contributed by atoms with van der Waals surface area (Å²) in [7, 11) is 2.06. The first-order chi connectivity index (χ1) is 10.3. The third-order valence-electron chi connectivity index (χ3n) is 3.60. The Hall–Kier alpha value is -2.00. The maximum atomic E-state index is 5.70. The average Bonchev–Trinajstić information content (AvgIpc) is 2.52. The van der Waals surface area contributed by atoms with Gasteiger partial charge in [0.25, 0.3) is 0 Å². The smallest absolute Gasteiger partial charge is 0.142 e. The van der Waals surface area contributed by atoms with E-state index in [2.05, 4.69) is 49.2 Å². The van der Waals surface area contributed by atoms with Gasteiger partial charge in [-0.2, -0.15) is 0 Å². The van der Waals surface area contributed by atoms with E-state index in [4.69, 9.17) is 9.47 Å². The van der Waals surface area contributed by atoms with Gasteiger partial charge >= 0.3 is 0 Å². The third kappa shape index (κ3) is 3.19. The monoisotopic (exact) mass is 283 g/mol. The van der Waals surface area contributed by atoms with Gasteiger partial charge in [-0.15, -0.1) is 0 Å². The Kier molecular flexibility index (Phi) is 4.11. The number of benzene rings is 2. The summed E-state index contributed by atoms with van der Waals surface area (Å²) in [6.07, 6.45) is 1.03. The van der Waals surface area contributed by atoms with Gasteiger partial charge in [0, 0.05) is 12.1 Å². The van der Waals surface area contributed by atoms with Crippen molar-refractivity contribution >= 4 is 0 Å². The van der Waals surface area contributed by atoms with Crippen molar-refractivity contribution < 1.29 is 9.47 Å². The minimum atomic E-state index is 0.663. The van der Waals surface area contributed by atoms with Crippen LogP contribution in [0.5, 0.6) is 11.5 Å². The predicted octanol–water partition coefficient (Wildman–Crippen LogP) is 3.92. The van der Waals surface area contributed by atoms with Crippen LogP contribution in [-0.4, -0.2) is 25.3 Å². The Morgan fingerprint density at radius 3 is 2.62 bits per heavy atom. The molecule has 21 heavy (non-hydrogen) atoms. The highest BCUT2D eigenvalue weighted by Crippen LogP contribution is 2.30. The highest BCUT2D eigenvalue weighted by Gasteiger charge is 2.14. The van der Waals surface area contributed by atoms with Crippen molar-refractivity contribution in [2.24, 2.45) is 0 Å². The SMILES string of the molecule is CCCOc1ccc(-c2ccc3c(c2)CN(C)CO3)cc1. The molecule has 1 aliphatic rings. The molecule has 1 aliphatic heterocycles. The van der Waals surface area contributed by atoms with Gasteiger partial charge in [0.05, 0.1) is 6.61 Å². The molecule has 3 heteroatoms. The van der Waals surface area contributed by atoms with E-state index in [9.17, 15) is 0 Å². The van der Waals surface area contributed by atoms with E-state index < -0.39 is 0 Å². The van der Waals surface area contributed by atoms with Crippen LogP contribution in [0.2, 0.25) is 0 Å². The van der Waals surface area contributed by atoms with Gasteiger partial charge in [-0.25, -0.2) is 0 Å². The molecule has 0 aromatic heterocycles. The first-order valence-electron chi connectivity index (χ1n) is 7.44. The standard InChI is InChI=1S/C18H21NO2/c1-3-10-20-17-7-4-14(5-8-17)15-6-9-18-16(11-15)12-19(2)13-21-18/h4-9,11H,3,10,12-13H2,1-2H3. The molecule has 0 spiro atoms. The number of nitrogens with zero attached hydrogens (tertiary/aromatic N) is 1.